The van der Waals surface area contributed by atoms with Gasteiger partial charge in [-0.25, -0.2) is 0 Å². The molecule has 0 aliphatic heterocycles. The largest absolute Gasteiger partial charge is 0.380 e. The van der Waals surface area contributed by atoms with Gasteiger partial charge in [0.05, 0.1) is 27.3 Å². The predicted molar refractivity (Wildman–Crippen MR) is 84.3 cm³/mol. The third-order valence-corrected chi connectivity index (χ3v) is 4.06. The Morgan fingerprint density at radius 2 is 2.14 bits per heavy atom. The van der Waals surface area contributed by atoms with Crippen LogP contribution in [-0.4, -0.2) is 4.92 Å². The molecule has 0 saturated carbocycles. The lowest BCUT2D eigenvalue weighted by Gasteiger charge is -2.10. The minimum absolute atomic E-state index is 0.00572. The maximum atomic E-state index is 10.9. The van der Waals surface area contributed by atoms with Crippen LogP contribution in [-0.2, 0) is 6.54 Å². The summed E-state index contributed by atoms with van der Waals surface area (Å²) in [6, 6.07) is 11.7. The minimum Gasteiger partial charge on any atom is -0.380 e. The van der Waals surface area contributed by atoms with Crippen molar-refractivity contribution in [1.29, 1.82) is 5.26 Å². The lowest BCUT2D eigenvalue weighted by molar-refractivity contribution is -0.385. The summed E-state index contributed by atoms with van der Waals surface area (Å²) >= 11 is 9.28. The Bertz CT molecular complexity index is 743. The van der Waals surface area contributed by atoms with E-state index in [0.29, 0.717) is 27.3 Å². The van der Waals surface area contributed by atoms with E-state index in [1.54, 1.807) is 30.3 Å². The molecule has 2 rings (SSSR count). The fraction of sp³-hybridized carbons (Fsp3) is 0.0714. The highest BCUT2D eigenvalue weighted by Gasteiger charge is 2.14. The Balaban J connectivity index is 2.23. The molecule has 0 bridgehead atoms. The average Bonchev–Trinajstić information content (AvgIpc) is 2.47. The predicted octanol–water partition coefficient (Wildman–Crippen LogP) is 4.49. The molecule has 5 nitrogen and oxygen atoms in total. The van der Waals surface area contributed by atoms with Gasteiger partial charge in [0.15, 0.2) is 0 Å². The smallest absolute Gasteiger partial charge is 0.283 e. The van der Waals surface area contributed by atoms with Crippen LogP contribution in [0, 0.1) is 21.4 Å². The van der Waals surface area contributed by atoms with Gasteiger partial charge in [-0.2, -0.15) is 5.26 Å². The fourth-order valence-corrected chi connectivity index (χ4v) is 2.50. The summed E-state index contributed by atoms with van der Waals surface area (Å²) in [6.45, 7) is 0.344. The van der Waals surface area contributed by atoms with Crippen molar-refractivity contribution < 1.29 is 4.92 Å². The molecule has 2 aromatic rings. The van der Waals surface area contributed by atoms with E-state index in [2.05, 4.69) is 21.2 Å². The monoisotopic (exact) mass is 365 g/mol. The summed E-state index contributed by atoms with van der Waals surface area (Å²) in [4.78, 5) is 10.4. The molecule has 0 radical (unpaired) electrons. The minimum atomic E-state index is -0.448. The highest BCUT2D eigenvalue weighted by Crippen LogP contribution is 2.30. The summed E-state index contributed by atoms with van der Waals surface area (Å²) < 4.78 is 0.426. The van der Waals surface area contributed by atoms with Crippen molar-refractivity contribution in [2.75, 3.05) is 5.32 Å². The SMILES string of the molecule is N#Cc1ccc(Cl)c(NCc2cccc([N+](=O)[O-])c2Br)c1. The van der Waals surface area contributed by atoms with Gasteiger partial charge in [0, 0.05) is 12.6 Å². The summed E-state index contributed by atoms with van der Waals surface area (Å²) in [5, 5.41) is 23.3. The molecular weight excluding hydrogens is 358 g/mol. The van der Waals surface area contributed by atoms with Crippen LogP contribution in [0.1, 0.15) is 11.1 Å². The Labute approximate surface area is 134 Å². The zero-order chi connectivity index (χ0) is 15.4. The summed E-state index contributed by atoms with van der Waals surface area (Å²) in [7, 11) is 0. The van der Waals surface area contributed by atoms with Crippen LogP contribution in [0.4, 0.5) is 11.4 Å². The van der Waals surface area contributed by atoms with E-state index in [0.717, 1.165) is 5.56 Å². The lowest BCUT2D eigenvalue weighted by atomic mass is 10.2. The maximum Gasteiger partial charge on any atom is 0.283 e. The fourth-order valence-electron chi connectivity index (χ4n) is 1.76. The van der Waals surface area contributed by atoms with E-state index in [-0.39, 0.29) is 5.69 Å². The van der Waals surface area contributed by atoms with Gasteiger partial charge in [-0.15, -0.1) is 0 Å². The van der Waals surface area contributed by atoms with E-state index >= 15 is 0 Å². The van der Waals surface area contributed by atoms with Crippen molar-refractivity contribution in [2.24, 2.45) is 0 Å². The Hall–Kier alpha value is -2.10. The molecule has 0 saturated heterocycles. The molecule has 1 N–H and O–H groups in total. The van der Waals surface area contributed by atoms with E-state index in [4.69, 9.17) is 16.9 Å². The quantitative estimate of drug-likeness (QED) is 0.638. The Morgan fingerprint density at radius 3 is 2.81 bits per heavy atom. The summed E-state index contributed by atoms with van der Waals surface area (Å²) in [5.74, 6) is 0. The van der Waals surface area contributed by atoms with Crippen molar-refractivity contribution in [1.82, 2.24) is 0 Å². The molecule has 0 atom stereocenters. The lowest BCUT2D eigenvalue weighted by Crippen LogP contribution is -2.02. The average molecular weight is 367 g/mol. The number of nitro groups is 1. The second-order valence-corrected chi connectivity index (χ2v) is 5.37. The number of rotatable bonds is 4. The van der Waals surface area contributed by atoms with Gasteiger partial charge in [-0.05, 0) is 39.7 Å². The van der Waals surface area contributed by atoms with Crippen LogP contribution in [0.3, 0.4) is 0 Å². The summed E-state index contributed by atoms with van der Waals surface area (Å²) in [5.41, 5.74) is 1.82. The molecule has 0 spiro atoms. The van der Waals surface area contributed by atoms with E-state index in [1.807, 2.05) is 6.07 Å². The molecule has 7 heteroatoms. The highest BCUT2D eigenvalue weighted by molar-refractivity contribution is 9.10. The topological polar surface area (TPSA) is 79.0 Å². The van der Waals surface area contributed by atoms with Gasteiger partial charge < -0.3 is 5.32 Å². The maximum absolute atomic E-state index is 10.9. The first kappa shape index (κ1) is 15.3. The first-order valence-electron chi connectivity index (χ1n) is 5.88. The van der Waals surface area contributed by atoms with Crippen LogP contribution in [0.15, 0.2) is 40.9 Å². The number of anilines is 1. The van der Waals surface area contributed by atoms with E-state index < -0.39 is 4.92 Å². The van der Waals surface area contributed by atoms with E-state index in [1.165, 1.54) is 6.07 Å². The van der Waals surface area contributed by atoms with Crippen molar-refractivity contribution >= 4 is 38.9 Å². The zero-order valence-corrected chi connectivity index (χ0v) is 13.0. The number of nitrogens with zero attached hydrogens (tertiary/aromatic N) is 2. The molecule has 0 heterocycles. The number of nitriles is 1. The van der Waals surface area contributed by atoms with Gasteiger partial charge in [-0.1, -0.05) is 23.7 Å². The van der Waals surface area contributed by atoms with Gasteiger partial charge in [0.1, 0.15) is 4.47 Å². The molecule has 0 aromatic heterocycles. The second-order valence-electron chi connectivity index (χ2n) is 4.17. The Morgan fingerprint density at radius 1 is 1.38 bits per heavy atom. The molecule has 0 unspecified atom stereocenters. The Kier molecular flexibility index (Phi) is 4.78. The normalized spacial score (nSPS) is 9.95. The molecule has 21 heavy (non-hydrogen) atoms. The molecule has 0 aliphatic rings. The van der Waals surface area contributed by atoms with Crippen LogP contribution in [0.2, 0.25) is 5.02 Å². The van der Waals surface area contributed by atoms with Crippen LogP contribution >= 0.6 is 27.5 Å². The van der Waals surface area contributed by atoms with Crippen molar-refractivity contribution in [3.8, 4) is 6.07 Å². The van der Waals surface area contributed by atoms with Crippen molar-refractivity contribution in [3.63, 3.8) is 0 Å². The zero-order valence-electron chi connectivity index (χ0n) is 10.6. The van der Waals surface area contributed by atoms with Gasteiger partial charge in [0.2, 0.25) is 0 Å². The molecule has 0 fully saturated rings. The first-order valence-corrected chi connectivity index (χ1v) is 7.05. The number of nitrogens with one attached hydrogen (secondary N) is 1. The van der Waals surface area contributed by atoms with Crippen molar-refractivity contribution in [3.05, 3.63) is 67.1 Å². The first-order chi connectivity index (χ1) is 10.0. The van der Waals surface area contributed by atoms with Crippen LogP contribution in [0.25, 0.3) is 0 Å². The number of nitro benzene ring substituents is 1. The van der Waals surface area contributed by atoms with Gasteiger partial charge in [0.25, 0.3) is 5.69 Å². The van der Waals surface area contributed by atoms with Crippen molar-refractivity contribution in [2.45, 2.75) is 6.54 Å². The molecule has 106 valence electrons. The van der Waals surface area contributed by atoms with Crippen LogP contribution in [0.5, 0.6) is 0 Å². The number of hydrogen-bond acceptors (Lipinski definition) is 4. The van der Waals surface area contributed by atoms with Crippen LogP contribution < -0.4 is 5.32 Å². The standard InChI is InChI=1S/C14H9BrClN3O2/c15-14-10(2-1-3-13(14)19(20)21)8-18-12-6-9(7-17)4-5-11(12)16/h1-6,18H,8H2. The summed E-state index contributed by atoms with van der Waals surface area (Å²) in [6.07, 6.45) is 0. The molecule has 0 amide bonds. The van der Waals surface area contributed by atoms with Gasteiger partial charge in [-0.3, -0.25) is 10.1 Å². The third-order valence-electron chi connectivity index (χ3n) is 2.82. The third kappa shape index (κ3) is 3.51. The number of benzene rings is 2. The number of halogens is 2. The van der Waals surface area contributed by atoms with E-state index in [9.17, 15) is 10.1 Å². The number of hydrogen-bond donors (Lipinski definition) is 1. The second kappa shape index (κ2) is 6.57. The molecular formula is C14H9BrClN3O2. The highest BCUT2D eigenvalue weighted by atomic mass is 79.9. The molecule has 2 aromatic carbocycles. The van der Waals surface area contributed by atoms with Gasteiger partial charge >= 0.3 is 0 Å². The molecule has 0 aliphatic carbocycles.